The molecule has 6 atom stereocenters. The molecule has 0 radical (unpaired) electrons. The van der Waals surface area contributed by atoms with E-state index in [4.69, 9.17) is 5.11 Å². The van der Waals surface area contributed by atoms with Gasteiger partial charge in [0.05, 0.1) is 0 Å². The highest BCUT2D eigenvalue weighted by molar-refractivity contribution is 5.67. The van der Waals surface area contributed by atoms with Gasteiger partial charge in [-0.05, 0) is 66.6 Å². The highest BCUT2D eigenvalue weighted by Crippen LogP contribution is 2.73. The quantitative estimate of drug-likeness (QED) is 0.823. The third-order valence-electron chi connectivity index (χ3n) is 7.08. The largest absolute Gasteiger partial charge is 0.481 e. The molecule has 3 aliphatic rings. The Morgan fingerprint density at radius 2 is 2.17 bits per heavy atom. The van der Waals surface area contributed by atoms with Crippen molar-refractivity contribution in [2.24, 2.45) is 34.5 Å². The first-order valence-electron chi connectivity index (χ1n) is 7.60. The zero-order valence-electron chi connectivity index (χ0n) is 11.9. The van der Waals surface area contributed by atoms with Gasteiger partial charge in [-0.25, -0.2) is 0 Å². The van der Waals surface area contributed by atoms with Crippen LogP contribution in [-0.2, 0) is 4.79 Å². The molecule has 6 unspecified atom stereocenters. The van der Waals surface area contributed by atoms with E-state index in [-0.39, 0.29) is 5.41 Å². The van der Waals surface area contributed by atoms with Gasteiger partial charge in [0.2, 0.25) is 0 Å². The Hall–Kier alpha value is -0.530. The normalized spacial score (nSPS) is 51.4. The Bertz CT molecular complexity index is 377. The second-order valence-corrected chi connectivity index (χ2v) is 7.74. The lowest BCUT2D eigenvalue weighted by Crippen LogP contribution is -2.36. The van der Waals surface area contributed by atoms with Crippen LogP contribution in [0.5, 0.6) is 0 Å². The number of hydrogen-bond donors (Lipinski definition) is 1. The Labute approximate surface area is 110 Å². The van der Waals surface area contributed by atoms with Crippen LogP contribution in [0.3, 0.4) is 0 Å². The Morgan fingerprint density at radius 1 is 1.44 bits per heavy atom. The van der Waals surface area contributed by atoms with E-state index in [1.54, 1.807) is 0 Å². The van der Waals surface area contributed by atoms with Crippen molar-refractivity contribution in [3.05, 3.63) is 0 Å². The number of aliphatic carboxylic acids is 1. The van der Waals surface area contributed by atoms with Crippen molar-refractivity contribution in [3.8, 4) is 0 Å². The fourth-order valence-electron chi connectivity index (χ4n) is 6.06. The monoisotopic (exact) mass is 250 g/mol. The minimum atomic E-state index is -0.625. The van der Waals surface area contributed by atoms with Gasteiger partial charge in [-0.3, -0.25) is 4.79 Å². The van der Waals surface area contributed by atoms with Gasteiger partial charge in [-0.15, -0.1) is 0 Å². The first kappa shape index (κ1) is 12.5. The Balaban J connectivity index is 1.88. The summed E-state index contributed by atoms with van der Waals surface area (Å²) in [6, 6.07) is 0. The zero-order valence-corrected chi connectivity index (χ0v) is 11.9. The molecule has 0 amide bonds. The van der Waals surface area contributed by atoms with E-state index in [1.165, 1.54) is 32.1 Å². The summed E-state index contributed by atoms with van der Waals surface area (Å²) in [4.78, 5) is 11.0. The minimum absolute atomic E-state index is 0.271. The summed E-state index contributed by atoms with van der Waals surface area (Å²) in [5, 5.41) is 9.10. The molecule has 3 aliphatic carbocycles. The van der Waals surface area contributed by atoms with E-state index in [0.29, 0.717) is 17.8 Å². The van der Waals surface area contributed by atoms with E-state index < -0.39 is 5.97 Å². The lowest BCUT2D eigenvalue weighted by Gasteiger charge is -2.42. The predicted molar refractivity (Wildman–Crippen MR) is 71.2 cm³/mol. The van der Waals surface area contributed by atoms with E-state index in [2.05, 4.69) is 20.8 Å². The van der Waals surface area contributed by atoms with Crippen molar-refractivity contribution in [1.82, 2.24) is 0 Å². The van der Waals surface area contributed by atoms with Crippen LogP contribution in [0.4, 0.5) is 0 Å². The van der Waals surface area contributed by atoms with Gasteiger partial charge < -0.3 is 5.11 Å². The van der Waals surface area contributed by atoms with Crippen LogP contribution >= 0.6 is 0 Å². The van der Waals surface area contributed by atoms with E-state index in [0.717, 1.165) is 17.8 Å². The number of carboxylic acids is 1. The fraction of sp³-hybridized carbons (Fsp3) is 0.938. The van der Waals surface area contributed by atoms with Gasteiger partial charge in [0, 0.05) is 6.42 Å². The highest BCUT2D eigenvalue weighted by Gasteiger charge is 2.65. The SMILES string of the molecule is CC(CC(=O)O)C1(C)CC(C)C23CCC(CC12)C3. The van der Waals surface area contributed by atoms with E-state index in [1.807, 2.05) is 0 Å². The Kier molecular flexibility index (Phi) is 2.60. The van der Waals surface area contributed by atoms with Gasteiger partial charge >= 0.3 is 5.97 Å². The van der Waals surface area contributed by atoms with Crippen molar-refractivity contribution in [2.45, 2.75) is 59.3 Å². The van der Waals surface area contributed by atoms with Crippen molar-refractivity contribution in [1.29, 1.82) is 0 Å². The van der Waals surface area contributed by atoms with Crippen LogP contribution in [0.2, 0.25) is 0 Å². The van der Waals surface area contributed by atoms with Gasteiger partial charge in [0.1, 0.15) is 0 Å². The molecule has 0 aromatic carbocycles. The van der Waals surface area contributed by atoms with Crippen LogP contribution in [0, 0.1) is 34.5 Å². The fourth-order valence-corrected chi connectivity index (χ4v) is 6.06. The number of carbonyl (C=O) groups is 1. The average molecular weight is 250 g/mol. The first-order chi connectivity index (χ1) is 8.38. The van der Waals surface area contributed by atoms with Crippen LogP contribution < -0.4 is 0 Å². The third-order valence-corrected chi connectivity index (χ3v) is 7.08. The molecule has 18 heavy (non-hydrogen) atoms. The molecule has 3 fully saturated rings. The number of rotatable bonds is 3. The van der Waals surface area contributed by atoms with Crippen molar-refractivity contribution >= 4 is 5.97 Å². The zero-order chi connectivity index (χ0) is 13.1. The molecular formula is C16H26O2. The molecule has 2 nitrogen and oxygen atoms in total. The highest BCUT2D eigenvalue weighted by atomic mass is 16.4. The average Bonchev–Trinajstić information content (AvgIpc) is 2.90. The smallest absolute Gasteiger partial charge is 0.303 e. The van der Waals surface area contributed by atoms with Crippen LogP contribution in [-0.4, -0.2) is 11.1 Å². The molecule has 0 aliphatic heterocycles. The maximum Gasteiger partial charge on any atom is 0.303 e. The predicted octanol–water partition coefficient (Wildman–Crippen LogP) is 3.95. The molecule has 3 rings (SSSR count). The van der Waals surface area contributed by atoms with Crippen LogP contribution in [0.1, 0.15) is 59.3 Å². The molecular weight excluding hydrogens is 224 g/mol. The molecule has 1 spiro atoms. The number of fused-ring (bicyclic) bond motifs is 1. The van der Waals surface area contributed by atoms with Crippen LogP contribution in [0.25, 0.3) is 0 Å². The van der Waals surface area contributed by atoms with E-state index >= 15 is 0 Å². The van der Waals surface area contributed by atoms with Crippen LogP contribution in [0.15, 0.2) is 0 Å². The number of hydrogen-bond acceptors (Lipinski definition) is 1. The Morgan fingerprint density at radius 3 is 2.78 bits per heavy atom. The van der Waals surface area contributed by atoms with Gasteiger partial charge in [-0.2, -0.15) is 0 Å². The van der Waals surface area contributed by atoms with Gasteiger partial charge in [0.15, 0.2) is 0 Å². The molecule has 2 heteroatoms. The molecule has 0 aromatic heterocycles. The summed E-state index contributed by atoms with van der Waals surface area (Å²) in [5.41, 5.74) is 0.860. The van der Waals surface area contributed by atoms with Gasteiger partial charge in [0.25, 0.3) is 0 Å². The lowest BCUT2D eigenvalue weighted by atomic mass is 9.63. The first-order valence-corrected chi connectivity index (χ1v) is 7.60. The molecule has 102 valence electrons. The van der Waals surface area contributed by atoms with Crippen molar-refractivity contribution < 1.29 is 9.90 Å². The maximum atomic E-state index is 11.0. The van der Waals surface area contributed by atoms with E-state index in [9.17, 15) is 4.79 Å². The molecule has 2 bridgehead atoms. The summed E-state index contributed by atoms with van der Waals surface area (Å²) in [5.74, 6) is 2.25. The number of carboxylic acid groups (broad SMARTS) is 1. The standard InChI is InChI=1S/C16H26O2/c1-10(6-14(17)18)15(3)8-11(2)16-5-4-12(9-16)7-13(15)16/h10-13H,4-9H2,1-3H3,(H,17,18). The molecule has 3 saturated carbocycles. The molecule has 0 heterocycles. The summed E-state index contributed by atoms with van der Waals surface area (Å²) >= 11 is 0. The summed E-state index contributed by atoms with van der Waals surface area (Å²) < 4.78 is 0. The maximum absolute atomic E-state index is 11.0. The molecule has 0 saturated heterocycles. The van der Waals surface area contributed by atoms with Crippen molar-refractivity contribution in [3.63, 3.8) is 0 Å². The topological polar surface area (TPSA) is 37.3 Å². The summed E-state index contributed by atoms with van der Waals surface area (Å²) in [6.07, 6.45) is 7.27. The van der Waals surface area contributed by atoms with Gasteiger partial charge in [-0.1, -0.05) is 20.8 Å². The third kappa shape index (κ3) is 1.44. The molecule has 1 N–H and O–H groups in total. The minimum Gasteiger partial charge on any atom is -0.481 e. The lowest BCUT2D eigenvalue weighted by molar-refractivity contribution is -0.139. The summed E-state index contributed by atoms with van der Waals surface area (Å²) in [7, 11) is 0. The summed E-state index contributed by atoms with van der Waals surface area (Å²) in [6.45, 7) is 6.99. The second kappa shape index (κ2) is 3.74. The molecule has 0 aromatic rings. The second-order valence-electron chi connectivity index (χ2n) is 7.74. The van der Waals surface area contributed by atoms with Crippen molar-refractivity contribution in [2.75, 3.05) is 0 Å².